The summed E-state index contributed by atoms with van der Waals surface area (Å²) in [5.74, 6) is 2.49. The molecule has 0 heterocycles. The van der Waals surface area contributed by atoms with Gasteiger partial charge in [-0.05, 0) is 52.1 Å². The van der Waals surface area contributed by atoms with E-state index in [1.54, 1.807) is 7.11 Å². The van der Waals surface area contributed by atoms with Gasteiger partial charge >= 0.3 is 0 Å². The van der Waals surface area contributed by atoms with Gasteiger partial charge in [-0.1, -0.05) is 0 Å². The Morgan fingerprint density at radius 2 is 1.83 bits per heavy atom. The SMILES string of the molecule is CCNC(=NCCN(C)C(C)C)NCCOc1ccc(OC)cc1. The maximum atomic E-state index is 5.70. The van der Waals surface area contributed by atoms with Gasteiger partial charge in [-0.25, -0.2) is 0 Å². The molecule has 0 amide bonds. The Labute approximate surface area is 146 Å². The summed E-state index contributed by atoms with van der Waals surface area (Å²) >= 11 is 0. The van der Waals surface area contributed by atoms with E-state index in [0.717, 1.165) is 37.1 Å². The van der Waals surface area contributed by atoms with Gasteiger partial charge < -0.3 is 25.0 Å². The smallest absolute Gasteiger partial charge is 0.191 e. The van der Waals surface area contributed by atoms with E-state index < -0.39 is 0 Å². The molecule has 6 heteroatoms. The number of methoxy groups -OCH3 is 1. The summed E-state index contributed by atoms with van der Waals surface area (Å²) in [6.45, 7) is 10.2. The minimum Gasteiger partial charge on any atom is -0.497 e. The number of likely N-dealkylation sites (N-methyl/N-ethyl adjacent to an activating group) is 1. The van der Waals surface area contributed by atoms with Crippen molar-refractivity contribution in [1.29, 1.82) is 0 Å². The molecule has 0 bridgehead atoms. The van der Waals surface area contributed by atoms with Crippen LogP contribution >= 0.6 is 0 Å². The molecule has 0 unspecified atom stereocenters. The molecule has 0 saturated carbocycles. The first kappa shape index (κ1) is 20.1. The largest absolute Gasteiger partial charge is 0.497 e. The van der Waals surface area contributed by atoms with Crippen molar-refractivity contribution in [2.45, 2.75) is 26.8 Å². The third-order valence-electron chi connectivity index (χ3n) is 3.67. The zero-order valence-corrected chi connectivity index (χ0v) is 15.6. The molecule has 0 aliphatic heterocycles. The minimum atomic E-state index is 0.536. The van der Waals surface area contributed by atoms with Gasteiger partial charge in [-0.3, -0.25) is 4.99 Å². The Hall–Kier alpha value is -1.95. The van der Waals surface area contributed by atoms with E-state index in [9.17, 15) is 0 Å². The summed E-state index contributed by atoms with van der Waals surface area (Å²) in [6, 6.07) is 8.12. The van der Waals surface area contributed by atoms with Crippen LogP contribution in [0.4, 0.5) is 0 Å². The monoisotopic (exact) mass is 336 g/mol. The molecular weight excluding hydrogens is 304 g/mol. The number of guanidine groups is 1. The van der Waals surface area contributed by atoms with Crippen LogP contribution in [-0.2, 0) is 0 Å². The van der Waals surface area contributed by atoms with E-state index in [2.05, 4.69) is 48.3 Å². The fourth-order valence-electron chi connectivity index (χ4n) is 1.93. The highest BCUT2D eigenvalue weighted by atomic mass is 16.5. The van der Waals surface area contributed by atoms with Gasteiger partial charge in [0.2, 0.25) is 0 Å². The van der Waals surface area contributed by atoms with Crippen LogP contribution in [0.2, 0.25) is 0 Å². The Bertz CT molecular complexity index is 474. The van der Waals surface area contributed by atoms with Gasteiger partial charge in [-0.15, -0.1) is 0 Å². The second-order valence-electron chi connectivity index (χ2n) is 5.79. The molecule has 1 aromatic rings. The first-order chi connectivity index (χ1) is 11.6. The van der Waals surface area contributed by atoms with Gasteiger partial charge in [0.15, 0.2) is 5.96 Å². The topological polar surface area (TPSA) is 58.1 Å². The van der Waals surface area contributed by atoms with Crippen LogP contribution in [0.15, 0.2) is 29.3 Å². The Morgan fingerprint density at radius 1 is 1.17 bits per heavy atom. The lowest BCUT2D eigenvalue weighted by atomic mass is 10.3. The van der Waals surface area contributed by atoms with Crippen LogP contribution in [0.1, 0.15) is 20.8 Å². The van der Waals surface area contributed by atoms with Crippen LogP contribution in [0.5, 0.6) is 11.5 Å². The Morgan fingerprint density at radius 3 is 2.42 bits per heavy atom. The van der Waals surface area contributed by atoms with Crippen molar-refractivity contribution in [3.8, 4) is 11.5 Å². The lowest BCUT2D eigenvalue weighted by Gasteiger charge is -2.20. The lowest BCUT2D eigenvalue weighted by Crippen LogP contribution is -2.40. The Balaban J connectivity index is 2.31. The molecule has 0 atom stereocenters. The van der Waals surface area contributed by atoms with Crippen molar-refractivity contribution in [1.82, 2.24) is 15.5 Å². The second kappa shape index (κ2) is 11.6. The summed E-state index contributed by atoms with van der Waals surface area (Å²) in [5, 5.41) is 6.53. The number of benzene rings is 1. The number of ether oxygens (including phenoxy) is 2. The molecular formula is C18H32N4O2. The van der Waals surface area contributed by atoms with Crippen molar-refractivity contribution >= 4 is 5.96 Å². The normalized spacial score (nSPS) is 11.7. The van der Waals surface area contributed by atoms with Crippen molar-refractivity contribution in [2.24, 2.45) is 4.99 Å². The highest BCUT2D eigenvalue weighted by Gasteiger charge is 2.02. The molecule has 136 valence electrons. The molecule has 2 N–H and O–H groups in total. The van der Waals surface area contributed by atoms with E-state index in [0.29, 0.717) is 19.2 Å². The molecule has 0 spiro atoms. The zero-order valence-electron chi connectivity index (χ0n) is 15.6. The van der Waals surface area contributed by atoms with E-state index in [1.807, 2.05) is 24.3 Å². The number of aliphatic imine (C=N–C) groups is 1. The van der Waals surface area contributed by atoms with Gasteiger partial charge in [0.05, 0.1) is 20.2 Å². The summed E-state index contributed by atoms with van der Waals surface area (Å²) in [4.78, 5) is 6.86. The molecule has 0 radical (unpaired) electrons. The standard InChI is InChI=1S/C18H32N4O2/c1-6-19-18(20-11-13-22(4)15(2)3)21-12-14-24-17-9-7-16(23-5)8-10-17/h7-10,15H,6,11-14H2,1-5H3,(H2,19,20,21). The summed E-state index contributed by atoms with van der Waals surface area (Å²) < 4.78 is 10.8. The number of hydrogen-bond donors (Lipinski definition) is 2. The van der Waals surface area contributed by atoms with E-state index in [4.69, 9.17) is 9.47 Å². The zero-order chi connectivity index (χ0) is 17.8. The van der Waals surface area contributed by atoms with Gasteiger partial charge in [0, 0.05) is 19.1 Å². The van der Waals surface area contributed by atoms with Crippen LogP contribution in [0, 0.1) is 0 Å². The number of nitrogens with zero attached hydrogens (tertiary/aromatic N) is 2. The third-order valence-corrected chi connectivity index (χ3v) is 3.67. The van der Waals surface area contributed by atoms with E-state index in [-0.39, 0.29) is 0 Å². The predicted molar refractivity (Wildman–Crippen MR) is 100 cm³/mol. The average Bonchev–Trinajstić information content (AvgIpc) is 2.58. The molecule has 0 aliphatic carbocycles. The second-order valence-corrected chi connectivity index (χ2v) is 5.79. The number of rotatable bonds is 10. The molecule has 6 nitrogen and oxygen atoms in total. The maximum Gasteiger partial charge on any atom is 0.191 e. The molecule has 0 fully saturated rings. The molecule has 0 aromatic heterocycles. The summed E-state index contributed by atoms with van der Waals surface area (Å²) in [5.41, 5.74) is 0. The number of nitrogens with one attached hydrogen (secondary N) is 2. The van der Waals surface area contributed by atoms with Crippen molar-refractivity contribution in [3.05, 3.63) is 24.3 Å². The quantitative estimate of drug-likeness (QED) is 0.389. The lowest BCUT2D eigenvalue weighted by molar-refractivity contribution is 0.282. The first-order valence-corrected chi connectivity index (χ1v) is 8.56. The molecule has 24 heavy (non-hydrogen) atoms. The van der Waals surface area contributed by atoms with Gasteiger partial charge in [0.25, 0.3) is 0 Å². The fourth-order valence-corrected chi connectivity index (χ4v) is 1.93. The highest BCUT2D eigenvalue weighted by molar-refractivity contribution is 5.79. The van der Waals surface area contributed by atoms with Crippen LogP contribution in [0.25, 0.3) is 0 Å². The minimum absolute atomic E-state index is 0.536. The highest BCUT2D eigenvalue weighted by Crippen LogP contribution is 2.16. The van der Waals surface area contributed by atoms with Crippen molar-refractivity contribution in [2.75, 3.05) is 46.9 Å². The van der Waals surface area contributed by atoms with Crippen molar-refractivity contribution in [3.63, 3.8) is 0 Å². The molecule has 1 aromatic carbocycles. The van der Waals surface area contributed by atoms with Crippen molar-refractivity contribution < 1.29 is 9.47 Å². The van der Waals surface area contributed by atoms with E-state index >= 15 is 0 Å². The summed E-state index contributed by atoms with van der Waals surface area (Å²) in [7, 11) is 3.77. The van der Waals surface area contributed by atoms with E-state index in [1.165, 1.54) is 0 Å². The first-order valence-electron chi connectivity index (χ1n) is 8.56. The summed E-state index contributed by atoms with van der Waals surface area (Å²) in [6.07, 6.45) is 0. The maximum absolute atomic E-state index is 5.70. The molecule has 0 aliphatic rings. The number of hydrogen-bond acceptors (Lipinski definition) is 4. The Kier molecular flexibility index (Phi) is 9.68. The molecule has 1 rings (SSSR count). The fraction of sp³-hybridized carbons (Fsp3) is 0.611. The molecule has 0 saturated heterocycles. The van der Waals surface area contributed by atoms with Gasteiger partial charge in [-0.2, -0.15) is 0 Å². The van der Waals surface area contributed by atoms with Gasteiger partial charge in [0.1, 0.15) is 18.1 Å². The third kappa shape index (κ3) is 8.06. The predicted octanol–water partition coefficient (Wildman–Crippen LogP) is 1.97. The van der Waals surface area contributed by atoms with Crippen LogP contribution in [-0.4, -0.2) is 63.8 Å². The van der Waals surface area contributed by atoms with Crippen LogP contribution in [0.3, 0.4) is 0 Å². The average molecular weight is 336 g/mol. The van der Waals surface area contributed by atoms with Crippen LogP contribution < -0.4 is 20.1 Å².